The topological polar surface area (TPSA) is 93.2 Å². The van der Waals surface area contributed by atoms with Crippen LogP contribution in [0.25, 0.3) is 0 Å². The molecule has 1 N–H and O–H groups in total. The van der Waals surface area contributed by atoms with Gasteiger partial charge in [0.1, 0.15) is 11.2 Å². The van der Waals surface area contributed by atoms with E-state index in [0.717, 1.165) is 24.8 Å². The molecule has 5 aliphatic rings. The van der Waals surface area contributed by atoms with Crippen molar-refractivity contribution in [2.75, 3.05) is 6.61 Å². The highest BCUT2D eigenvalue weighted by Crippen LogP contribution is 2.76. The van der Waals surface area contributed by atoms with Crippen LogP contribution in [-0.2, 0) is 23.9 Å². The highest BCUT2D eigenvalue weighted by molar-refractivity contribution is 6.01. The summed E-state index contributed by atoms with van der Waals surface area (Å²) in [5, 5.41) is 12.0. The van der Waals surface area contributed by atoms with Crippen molar-refractivity contribution in [3.05, 3.63) is 23.8 Å². The van der Waals surface area contributed by atoms with Crippen LogP contribution in [0.5, 0.6) is 0 Å². The number of ketones is 2. The number of hydrogen-bond acceptors (Lipinski definition) is 6. The normalized spacial score (nSPS) is 47.6. The number of Topliss-reactive ketones (excluding diaryl/α,β-unsaturated/α-hetero) is 1. The van der Waals surface area contributed by atoms with E-state index in [-0.39, 0.29) is 40.7 Å². The second-order valence-electron chi connectivity index (χ2n) is 12.5. The molecular formula is C27H36O6. The van der Waals surface area contributed by atoms with Crippen molar-refractivity contribution in [2.45, 2.75) is 84.5 Å². The van der Waals surface area contributed by atoms with Crippen molar-refractivity contribution in [1.29, 1.82) is 0 Å². The predicted octanol–water partition coefficient (Wildman–Crippen LogP) is 3.56. The zero-order chi connectivity index (χ0) is 24.2. The van der Waals surface area contributed by atoms with Gasteiger partial charge in [-0.2, -0.15) is 0 Å². The molecule has 4 aliphatic carbocycles. The van der Waals surface area contributed by atoms with Gasteiger partial charge in [0.25, 0.3) is 0 Å². The summed E-state index contributed by atoms with van der Waals surface area (Å²) in [6.07, 6.45) is 8.41. The van der Waals surface area contributed by atoms with Gasteiger partial charge >= 0.3 is 5.97 Å². The fourth-order valence-electron chi connectivity index (χ4n) is 8.04. The average molecular weight is 457 g/mol. The molecule has 1 spiro atoms. The first-order chi connectivity index (χ1) is 15.2. The van der Waals surface area contributed by atoms with E-state index in [4.69, 9.17) is 9.47 Å². The van der Waals surface area contributed by atoms with Gasteiger partial charge in [-0.25, -0.2) is 0 Å². The van der Waals surface area contributed by atoms with E-state index < -0.39 is 34.8 Å². The third kappa shape index (κ3) is 2.71. The molecule has 0 amide bonds. The molecule has 1 aliphatic heterocycles. The van der Waals surface area contributed by atoms with Crippen molar-refractivity contribution in [1.82, 2.24) is 0 Å². The lowest BCUT2D eigenvalue weighted by Gasteiger charge is -2.55. The Kier molecular flexibility index (Phi) is 4.64. The molecule has 0 bridgehead atoms. The quantitative estimate of drug-likeness (QED) is 0.516. The number of carbonyl (C=O) groups is 3. The van der Waals surface area contributed by atoms with Crippen molar-refractivity contribution in [2.24, 2.45) is 34.0 Å². The summed E-state index contributed by atoms with van der Waals surface area (Å²) >= 11 is 0. The summed E-state index contributed by atoms with van der Waals surface area (Å²) < 4.78 is 11.8. The van der Waals surface area contributed by atoms with E-state index in [9.17, 15) is 19.5 Å². The van der Waals surface area contributed by atoms with Crippen LogP contribution in [-0.4, -0.2) is 46.6 Å². The first-order valence-electron chi connectivity index (χ1n) is 12.3. The van der Waals surface area contributed by atoms with Crippen LogP contribution in [0.4, 0.5) is 0 Å². The van der Waals surface area contributed by atoms with Crippen LogP contribution in [0.1, 0.15) is 67.2 Å². The van der Waals surface area contributed by atoms with E-state index in [0.29, 0.717) is 6.42 Å². The molecule has 8 atom stereocenters. The molecule has 0 aromatic rings. The Bertz CT molecular complexity index is 1000. The summed E-state index contributed by atoms with van der Waals surface area (Å²) in [6, 6.07) is 0. The standard InChI is InChI=1S/C27H36O6/c1-15-11-19-18-8-7-16-12-17(28)9-10-24(16,5)27(18)21(33-27)13-25(19,6)26(15,31)20(29)14-32-22(30)23(2,3)4/h9-10,12,15,18-19,21,31H,7-8,11,13-14H2,1-6H3/t15-,18?,19?,21-,24+,25+,26+,27-/m1/s1. The second kappa shape index (κ2) is 6.66. The van der Waals surface area contributed by atoms with Crippen LogP contribution in [0.15, 0.2) is 23.8 Å². The SMILES string of the molecule is C[C@@H]1CC2C3CCC4=CC(=O)C=C[C@]4(C)[C@@]34O[C@@H]4C[C@]2(C)[C@@]1(O)C(=O)COC(=O)C(C)(C)C. The van der Waals surface area contributed by atoms with Crippen LogP contribution >= 0.6 is 0 Å². The molecule has 1 saturated heterocycles. The number of esters is 1. The monoisotopic (exact) mass is 456 g/mol. The van der Waals surface area contributed by atoms with Gasteiger partial charge in [-0.1, -0.05) is 25.5 Å². The average Bonchev–Trinajstić information content (AvgIpc) is 3.41. The molecule has 0 radical (unpaired) electrons. The molecule has 0 aromatic carbocycles. The fraction of sp³-hybridized carbons (Fsp3) is 0.741. The number of carbonyl (C=O) groups excluding carboxylic acids is 3. The summed E-state index contributed by atoms with van der Waals surface area (Å²) in [4.78, 5) is 37.7. The summed E-state index contributed by atoms with van der Waals surface area (Å²) in [5.41, 5.74) is -2.48. The smallest absolute Gasteiger partial charge is 0.311 e. The molecule has 4 fully saturated rings. The van der Waals surface area contributed by atoms with E-state index in [1.165, 1.54) is 0 Å². The number of hydrogen-bond donors (Lipinski definition) is 1. The Balaban J connectivity index is 1.45. The maximum atomic E-state index is 13.4. The van der Waals surface area contributed by atoms with Crippen LogP contribution < -0.4 is 0 Å². The Hall–Kier alpha value is -1.79. The van der Waals surface area contributed by atoms with Crippen LogP contribution in [0.3, 0.4) is 0 Å². The summed E-state index contributed by atoms with van der Waals surface area (Å²) in [6.45, 7) is 11.0. The molecular weight excluding hydrogens is 420 g/mol. The molecule has 0 aromatic heterocycles. The van der Waals surface area contributed by atoms with Crippen molar-refractivity contribution in [3.8, 4) is 0 Å². The first-order valence-corrected chi connectivity index (χ1v) is 12.3. The lowest BCUT2D eigenvalue weighted by Crippen LogP contribution is -2.62. The number of ether oxygens (including phenoxy) is 2. The molecule has 2 unspecified atom stereocenters. The molecule has 33 heavy (non-hydrogen) atoms. The number of aliphatic hydroxyl groups is 1. The van der Waals surface area contributed by atoms with Gasteiger partial charge in [0.05, 0.1) is 11.5 Å². The van der Waals surface area contributed by atoms with Gasteiger partial charge in [0.15, 0.2) is 12.4 Å². The Morgan fingerprint density at radius 1 is 1.24 bits per heavy atom. The minimum Gasteiger partial charge on any atom is -0.457 e. The van der Waals surface area contributed by atoms with E-state index in [1.807, 2.05) is 19.9 Å². The Morgan fingerprint density at radius 2 is 1.94 bits per heavy atom. The molecule has 6 nitrogen and oxygen atoms in total. The van der Waals surface area contributed by atoms with Crippen molar-refractivity contribution < 1.29 is 29.0 Å². The Morgan fingerprint density at radius 3 is 2.61 bits per heavy atom. The minimum absolute atomic E-state index is 0.0365. The van der Waals surface area contributed by atoms with Gasteiger partial charge < -0.3 is 14.6 Å². The lowest BCUT2D eigenvalue weighted by molar-refractivity contribution is -0.173. The van der Waals surface area contributed by atoms with Gasteiger partial charge in [-0.05, 0) is 83.3 Å². The predicted molar refractivity (Wildman–Crippen MR) is 121 cm³/mol. The summed E-state index contributed by atoms with van der Waals surface area (Å²) in [5.74, 6) is -0.745. The fourth-order valence-corrected chi connectivity index (χ4v) is 8.04. The van der Waals surface area contributed by atoms with Gasteiger partial charge in [-0.15, -0.1) is 0 Å². The molecule has 180 valence electrons. The summed E-state index contributed by atoms with van der Waals surface area (Å²) in [7, 11) is 0. The molecule has 6 heteroatoms. The first kappa shape index (κ1) is 23.0. The molecule has 1 heterocycles. The van der Waals surface area contributed by atoms with Crippen molar-refractivity contribution >= 4 is 17.5 Å². The molecule has 3 saturated carbocycles. The third-order valence-corrected chi connectivity index (χ3v) is 9.89. The van der Waals surface area contributed by atoms with Gasteiger partial charge in [0, 0.05) is 10.8 Å². The van der Waals surface area contributed by atoms with Crippen LogP contribution in [0, 0.1) is 34.0 Å². The van der Waals surface area contributed by atoms with E-state index in [2.05, 4.69) is 6.92 Å². The maximum Gasteiger partial charge on any atom is 0.311 e. The van der Waals surface area contributed by atoms with Gasteiger partial charge in [0.2, 0.25) is 5.78 Å². The maximum absolute atomic E-state index is 13.4. The van der Waals surface area contributed by atoms with Gasteiger partial charge in [-0.3, -0.25) is 14.4 Å². The number of allylic oxidation sites excluding steroid dienone is 2. The van der Waals surface area contributed by atoms with E-state index >= 15 is 0 Å². The number of fused-ring (bicyclic) bond motifs is 3. The third-order valence-electron chi connectivity index (χ3n) is 9.89. The Labute approximate surface area is 195 Å². The van der Waals surface area contributed by atoms with E-state index in [1.54, 1.807) is 32.9 Å². The van der Waals surface area contributed by atoms with Crippen LogP contribution in [0.2, 0.25) is 0 Å². The number of epoxide rings is 1. The minimum atomic E-state index is -1.57. The number of rotatable bonds is 3. The second-order valence-corrected chi connectivity index (χ2v) is 12.5. The zero-order valence-electron chi connectivity index (χ0n) is 20.6. The lowest BCUT2D eigenvalue weighted by atomic mass is 9.46. The van der Waals surface area contributed by atoms with Crippen molar-refractivity contribution in [3.63, 3.8) is 0 Å². The largest absolute Gasteiger partial charge is 0.457 e. The highest BCUT2D eigenvalue weighted by Gasteiger charge is 2.82. The zero-order valence-corrected chi connectivity index (χ0v) is 20.6. The highest BCUT2D eigenvalue weighted by atomic mass is 16.6. The molecule has 5 rings (SSSR count).